The van der Waals surface area contributed by atoms with Crippen LogP contribution < -0.4 is 5.73 Å². The molecule has 4 heteroatoms. The van der Waals surface area contributed by atoms with Crippen molar-refractivity contribution >= 4 is 11.6 Å². The van der Waals surface area contributed by atoms with Gasteiger partial charge in [-0.25, -0.2) is 0 Å². The molecular formula is C15H22N2O2. The van der Waals surface area contributed by atoms with Crippen LogP contribution in [0.3, 0.4) is 0 Å². The van der Waals surface area contributed by atoms with Crippen molar-refractivity contribution < 1.29 is 9.90 Å². The predicted molar refractivity (Wildman–Crippen MR) is 76.1 cm³/mol. The topological polar surface area (TPSA) is 66.6 Å². The van der Waals surface area contributed by atoms with E-state index < -0.39 is 0 Å². The van der Waals surface area contributed by atoms with Crippen molar-refractivity contribution in [3.63, 3.8) is 0 Å². The molecule has 104 valence electrons. The summed E-state index contributed by atoms with van der Waals surface area (Å²) in [6.45, 7) is 0.757. The number of hydrogen-bond acceptors (Lipinski definition) is 3. The molecule has 1 amide bonds. The van der Waals surface area contributed by atoms with Crippen molar-refractivity contribution in [2.75, 3.05) is 19.3 Å². The predicted octanol–water partition coefficient (Wildman–Crippen LogP) is 2.63. The standard InChI is InChI=1S/C15H22N2O2/c1-17(10-11-6-3-2-4-7-11)15(19)12-8-5-9-13(16)14(12)18/h5,8-9,11,18H,2-4,6-7,10,16H2,1H3. The molecule has 0 heterocycles. The highest BCUT2D eigenvalue weighted by Gasteiger charge is 2.21. The van der Waals surface area contributed by atoms with E-state index >= 15 is 0 Å². The van der Waals surface area contributed by atoms with E-state index in [-0.39, 0.29) is 17.3 Å². The van der Waals surface area contributed by atoms with Crippen LogP contribution in [0, 0.1) is 5.92 Å². The second-order valence-corrected chi connectivity index (χ2v) is 5.43. The van der Waals surface area contributed by atoms with E-state index in [0.29, 0.717) is 11.5 Å². The summed E-state index contributed by atoms with van der Waals surface area (Å²) in [5.74, 6) is 0.323. The highest BCUT2D eigenvalue weighted by atomic mass is 16.3. The highest BCUT2D eigenvalue weighted by molar-refractivity contribution is 5.98. The van der Waals surface area contributed by atoms with Gasteiger partial charge in [-0.3, -0.25) is 4.79 Å². The minimum absolute atomic E-state index is 0.108. The molecule has 0 unspecified atom stereocenters. The maximum atomic E-state index is 12.3. The number of nitrogens with zero attached hydrogens (tertiary/aromatic N) is 1. The SMILES string of the molecule is CN(CC1CCCCC1)C(=O)c1cccc(N)c1O. The highest BCUT2D eigenvalue weighted by Crippen LogP contribution is 2.27. The Bertz CT molecular complexity index is 453. The molecule has 0 aliphatic heterocycles. The summed E-state index contributed by atoms with van der Waals surface area (Å²) in [5.41, 5.74) is 6.16. The molecule has 0 saturated heterocycles. The number of anilines is 1. The van der Waals surface area contributed by atoms with Crippen molar-refractivity contribution in [3.8, 4) is 5.75 Å². The molecule has 2 rings (SSSR count). The molecule has 4 nitrogen and oxygen atoms in total. The Morgan fingerprint density at radius 1 is 1.37 bits per heavy atom. The Morgan fingerprint density at radius 3 is 2.74 bits per heavy atom. The van der Waals surface area contributed by atoms with Gasteiger partial charge >= 0.3 is 0 Å². The van der Waals surface area contributed by atoms with Crippen molar-refractivity contribution in [1.82, 2.24) is 4.90 Å². The molecule has 1 aliphatic rings. The van der Waals surface area contributed by atoms with E-state index in [1.165, 1.54) is 32.1 Å². The molecule has 3 N–H and O–H groups in total. The lowest BCUT2D eigenvalue weighted by Gasteiger charge is -2.27. The average Bonchev–Trinajstić information content (AvgIpc) is 2.42. The molecule has 1 aromatic carbocycles. The maximum Gasteiger partial charge on any atom is 0.257 e. The zero-order valence-electron chi connectivity index (χ0n) is 11.4. The molecular weight excluding hydrogens is 240 g/mol. The van der Waals surface area contributed by atoms with E-state index in [2.05, 4.69) is 0 Å². The van der Waals surface area contributed by atoms with Crippen LogP contribution in [0.4, 0.5) is 5.69 Å². The first-order valence-electron chi connectivity index (χ1n) is 6.92. The van der Waals surface area contributed by atoms with Gasteiger partial charge in [0, 0.05) is 13.6 Å². The number of rotatable bonds is 3. The first-order chi connectivity index (χ1) is 9.09. The Kier molecular flexibility index (Phi) is 4.30. The molecule has 0 radical (unpaired) electrons. The van der Waals surface area contributed by atoms with E-state index in [1.54, 1.807) is 30.1 Å². The molecule has 0 spiro atoms. The van der Waals surface area contributed by atoms with Gasteiger partial charge in [0.05, 0.1) is 11.3 Å². The monoisotopic (exact) mass is 262 g/mol. The number of nitrogens with two attached hydrogens (primary N) is 1. The molecule has 1 aliphatic carbocycles. The van der Waals surface area contributed by atoms with Crippen LogP contribution in [-0.4, -0.2) is 29.5 Å². The lowest BCUT2D eigenvalue weighted by molar-refractivity contribution is 0.0757. The first-order valence-corrected chi connectivity index (χ1v) is 6.92. The van der Waals surface area contributed by atoms with Gasteiger partial charge in [-0.1, -0.05) is 25.3 Å². The van der Waals surface area contributed by atoms with Crippen LogP contribution in [-0.2, 0) is 0 Å². The summed E-state index contributed by atoms with van der Waals surface area (Å²) in [6.07, 6.45) is 6.22. The minimum atomic E-state index is -0.157. The number of aromatic hydroxyl groups is 1. The normalized spacial score (nSPS) is 16.3. The lowest BCUT2D eigenvalue weighted by atomic mass is 9.89. The number of amides is 1. The van der Waals surface area contributed by atoms with Crippen molar-refractivity contribution in [2.24, 2.45) is 5.92 Å². The van der Waals surface area contributed by atoms with E-state index in [4.69, 9.17) is 5.73 Å². The van der Waals surface area contributed by atoms with Crippen molar-refractivity contribution in [1.29, 1.82) is 0 Å². The fourth-order valence-corrected chi connectivity index (χ4v) is 2.78. The van der Waals surface area contributed by atoms with Crippen LogP contribution >= 0.6 is 0 Å². The molecule has 1 aromatic rings. The van der Waals surface area contributed by atoms with Gasteiger partial charge < -0.3 is 15.7 Å². The third kappa shape index (κ3) is 3.19. The van der Waals surface area contributed by atoms with Gasteiger partial charge in [0.15, 0.2) is 5.75 Å². The van der Waals surface area contributed by atoms with Crippen LogP contribution in [0.1, 0.15) is 42.5 Å². The second kappa shape index (κ2) is 5.95. The summed E-state index contributed by atoms with van der Waals surface area (Å²) >= 11 is 0. The molecule has 0 bridgehead atoms. The van der Waals surface area contributed by atoms with E-state index in [9.17, 15) is 9.90 Å². The smallest absolute Gasteiger partial charge is 0.257 e. The summed E-state index contributed by atoms with van der Waals surface area (Å²) in [7, 11) is 1.79. The van der Waals surface area contributed by atoms with Crippen molar-refractivity contribution in [2.45, 2.75) is 32.1 Å². The number of nitrogen functional groups attached to an aromatic ring is 1. The van der Waals surface area contributed by atoms with Gasteiger partial charge in [-0.15, -0.1) is 0 Å². The largest absolute Gasteiger partial charge is 0.505 e. The van der Waals surface area contributed by atoms with Crippen molar-refractivity contribution in [3.05, 3.63) is 23.8 Å². The number of para-hydroxylation sites is 1. The number of carbonyl (C=O) groups is 1. The van der Waals surface area contributed by atoms with Crippen LogP contribution in [0.25, 0.3) is 0 Å². The third-order valence-corrected chi connectivity index (χ3v) is 3.90. The maximum absolute atomic E-state index is 12.3. The average molecular weight is 262 g/mol. The van der Waals surface area contributed by atoms with Gasteiger partial charge in [0.25, 0.3) is 5.91 Å². The van der Waals surface area contributed by atoms with Gasteiger partial charge in [-0.2, -0.15) is 0 Å². The fourth-order valence-electron chi connectivity index (χ4n) is 2.78. The number of phenols is 1. The van der Waals surface area contributed by atoms with Gasteiger partial charge in [0.1, 0.15) is 0 Å². The quantitative estimate of drug-likeness (QED) is 0.650. The Balaban J connectivity index is 2.03. The Hall–Kier alpha value is -1.71. The molecule has 19 heavy (non-hydrogen) atoms. The fraction of sp³-hybridized carbons (Fsp3) is 0.533. The Morgan fingerprint density at radius 2 is 2.05 bits per heavy atom. The second-order valence-electron chi connectivity index (χ2n) is 5.43. The van der Waals surface area contributed by atoms with Crippen LogP contribution in [0.5, 0.6) is 5.75 Å². The molecule has 1 saturated carbocycles. The molecule has 0 atom stereocenters. The lowest BCUT2D eigenvalue weighted by Crippen LogP contribution is -2.32. The van der Waals surface area contributed by atoms with Crippen LogP contribution in [0.2, 0.25) is 0 Å². The summed E-state index contributed by atoms with van der Waals surface area (Å²) in [4.78, 5) is 14.0. The van der Waals surface area contributed by atoms with E-state index in [1.807, 2.05) is 0 Å². The summed E-state index contributed by atoms with van der Waals surface area (Å²) in [5, 5.41) is 9.85. The summed E-state index contributed by atoms with van der Waals surface area (Å²) in [6, 6.07) is 4.90. The Labute approximate surface area is 114 Å². The third-order valence-electron chi connectivity index (χ3n) is 3.90. The first kappa shape index (κ1) is 13.7. The zero-order chi connectivity index (χ0) is 13.8. The number of phenolic OH excluding ortho intramolecular Hbond substituents is 1. The summed E-state index contributed by atoms with van der Waals surface area (Å²) < 4.78 is 0. The molecule has 0 aromatic heterocycles. The minimum Gasteiger partial charge on any atom is -0.505 e. The number of benzene rings is 1. The number of hydrogen-bond donors (Lipinski definition) is 2. The van der Waals surface area contributed by atoms with E-state index in [0.717, 1.165) is 6.54 Å². The number of carbonyl (C=O) groups excluding carboxylic acids is 1. The molecule has 1 fully saturated rings. The van der Waals surface area contributed by atoms with Gasteiger partial charge in [0.2, 0.25) is 0 Å². The van der Waals surface area contributed by atoms with Crippen LogP contribution in [0.15, 0.2) is 18.2 Å². The van der Waals surface area contributed by atoms with Gasteiger partial charge in [-0.05, 0) is 30.9 Å². The zero-order valence-corrected chi connectivity index (χ0v) is 11.4.